The van der Waals surface area contributed by atoms with Crippen molar-refractivity contribution < 1.29 is 22.7 Å². The molecule has 0 bridgehead atoms. The zero-order chi connectivity index (χ0) is 27.4. The predicted octanol–water partition coefficient (Wildman–Crippen LogP) is 4.90. The van der Waals surface area contributed by atoms with Crippen molar-refractivity contribution in [2.24, 2.45) is 0 Å². The molecule has 3 aromatic rings. The first-order valence-corrected chi connectivity index (χ1v) is 15.0. The van der Waals surface area contributed by atoms with Crippen molar-refractivity contribution in [1.29, 1.82) is 0 Å². The monoisotopic (exact) mass is 596 g/mol. The molecule has 214 valence electrons. The minimum Gasteiger partial charge on any atom is -0.495 e. The lowest BCUT2D eigenvalue weighted by atomic mass is 10.1. The summed E-state index contributed by atoms with van der Waals surface area (Å²) in [7, 11) is 3.54. The van der Waals surface area contributed by atoms with Crippen LogP contribution in [0.15, 0.2) is 41.3 Å². The van der Waals surface area contributed by atoms with Crippen LogP contribution in [0, 0.1) is 0 Å². The van der Waals surface area contributed by atoms with Crippen molar-refractivity contribution in [3.63, 3.8) is 0 Å². The molecule has 1 saturated heterocycles. The fourth-order valence-electron chi connectivity index (χ4n) is 4.71. The van der Waals surface area contributed by atoms with Crippen LogP contribution in [0.1, 0.15) is 43.0 Å². The average Bonchev–Trinajstić information content (AvgIpc) is 3.35. The van der Waals surface area contributed by atoms with E-state index in [9.17, 15) is 13.2 Å². The standard InChI is InChI=1S/C27H36N4O5S2.ClH/c1-19-9-6-7-18-31(19)38(33,34)21-12-10-20(11-13-21)26(32)30(17-8-16-29(2)3)27-28-24-22(35-4)14-15-23(36-5)25(24)37-27;/h10-15,19H,6-9,16-18H2,1-5H3;1H. The molecule has 0 N–H and O–H groups in total. The molecule has 0 aliphatic carbocycles. The molecule has 1 aliphatic rings. The van der Waals surface area contributed by atoms with Crippen LogP contribution >= 0.6 is 23.7 Å². The first kappa shape index (κ1) is 31.1. The number of carbonyl (C=O) groups is 1. The van der Waals surface area contributed by atoms with Crippen LogP contribution in [0.25, 0.3) is 10.2 Å². The number of halogens is 1. The number of hydrogen-bond acceptors (Lipinski definition) is 8. The van der Waals surface area contributed by atoms with Crippen molar-refractivity contribution in [3.05, 3.63) is 42.0 Å². The summed E-state index contributed by atoms with van der Waals surface area (Å²) in [4.78, 5) is 22.5. The highest BCUT2D eigenvalue weighted by molar-refractivity contribution is 7.89. The number of carbonyl (C=O) groups excluding carboxylic acids is 1. The minimum absolute atomic E-state index is 0. The van der Waals surface area contributed by atoms with Crippen molar-refractivity contribution in [2.45, 2.75) is 43.5 Å². The number of anilines is 1. The third-order valence-electron chi connectivity index (χ3n) is 6.81. The third-order valence-corrected chi connectivity index (χ3v) is 9.93. The van der Waals surface area contributed by atoms with E-state index in [0.717, 1.165) is 36.9 Å². The summed E-state index contributed by atoms with van der Waals surface area (Å²) in [5, 5.41) is 0.533. The summed E-state index contributed by atoms with van der Waals surface area (Å²) in [6, 6.07) is 9.84. The number of rotatable bonds is 10. The number of amides is 1. The van der Waals surface area contributed by atoms with Crippen molar-refractivity contribution in [3.8, 4) is 11.5 Å². The van der Waals surface area contributed by atoms with Gasteiger partial charge in [-0.1, -0.05) is 17.8 Å². The fraction of sp³-hybridized carbons (Fsp3) is 0.481. The smallest absolute Gasteiger partial charge is 0.260 e. The van der Waals surface area contributed by atoms with Gasteiger partial charge in [-0.05, 0) is 83.2 Å². The molecule has 9 nitrogen and oxygen atoms in total. The van der Waals surface area contributed by atoms with Gasteiger partial charge in [-0.25, -0.2) is 13.4 Å². The lowest BCUT2D eigenvalue weighted by molar-refractivity contribution is 0.0986. The highest BCUT2D eigenvalue weighted by Gasteiger charge is 2.31. The topological polar surface area (TPSA) is 92.3 Å². The molecule has 4 rings (SSSR count). The molecule has 1 unspecified atom stereocenters. The van der Waals surface area contributed by atoms with E-state index in [1.54, 1.807) is 41.6 Å². The van der Waals surface area contributed by atoms with Gasteiger partial charge in [0.15, 0.2) is 5.13 Å². The highest BCUT2D eigenvalue weighted by Crippen LogP contribution is 2.40. The molecule has 1 amide bonds. The first-order valence-electron chi connectivity index (χ1n) is 12.8. The Kier molecular flexibility index (Phi) is 10.6. The number of hydrogen-bond donors (Lipinski definition) is 0. The molecule has 12 heteroatoms. The number of methoxy groups -OCH3 is 2. The highest BCUT2D eigenvalue weighted by atomic mass is 35.5. The number of nitrogens with zero attached hydrogens (tertiary/aromatic N) is 4. The molecular formula is C27H37ClN4O5S2. The van der Waals surface area contributed by atoms with Crippen molar-refractivity contribution >= 4 is 55.0 Å². The summed E-state index contributed by atoms with van der Waals surface area (Å²) in [5.41, 5.74) is 1.04. The normalized spacial score (nSPS) is 16.2. The minimum atomic E-state index is -3.62. The van der Waals surface area contributed by atoms with Crippen LogP contribution < -0.4 is 14.4 Å². The Bertz CT molecular complexity index is 1340. The summed E-state index contributed by atoms with van der Waals surface area (Å²) in [6.45, 7) is 3.72. The van der Waals surface area contributed by atoms with E-state index >= 15 is 0 Å². The Labute approximate surface area is 241 Å². The van der Waals surface area contributed by atoms with Crippen molar-refractivity contribution in [2.75, 3.05) is 52.8 Å². The van der Waals surface area contributed by atoms with E-state index in [1.165, 1.54) is 23.5 Å². The second kappa shape index (κ2) is 13.3. The molecule has 1 atom stereocenters. The number of piperidine rings is 1. The van der Waals surface area contributed by atoms with E-state index in [4.69, 9.17) is 14.5 Å². The number of sulfonamides is 1. The third kappa shape index (κ3) is 6.66. The lowest BCUT2D eigenvalue weighted by Crippen LogP contribution is -2.41. The van der Waals surface area contributed by atoms with Crippen LogP contribution in [0.2, 0.25) is 0 Å². The van der Waals surface area contributed by atoms with E-state index < -0.39 is 10.0 Å². The summed E-state index contributed by atoms with van der Waals surface area (Å²) < 4.78 is 39.9. The largest absolute Gasteiger partial charge is 0.495 e. The predicted molar refractivity (Wildman–Crippen MR) is 158 cm³/mol. The van der Waals surface area contributed by atoms with Crippen LogP contribution in [-0.2, 0) is 10.0 Å². The van der Waals surface area contributed by atoms with Gasteiger partial charge in [0.25, 0.3) is 5.91 Å². The van der Waals surface area contributed by atoms with Gasteiger partial charge >= 0.3 is 0 Å². The Morgan fingerprint density at radius 2 is 1.72 bits per heavy atom. The van der Waals surface area contributed by atoms with Gasteiger partial charge in [-0.15, -0.1) is 12.4 Å². The molecule has 1 aromatic heterocycles. The van der Waals surface area contributed by atoms with E-state index in [1.807, 2.05) is 27.1 Å². The molecule has 2 heterocycles. The quantitative estimate of drug-likeness (QED) is 0.329. The zero-order valence-corrected chi connectivity index (χ0v) is 25.5. The summed E-state index contributed by atoms with van der Waals surface area (Å²) >= 11 is 1.37. The van der Waals surface area contributed by atoms with Crippen LogP contribution in [0.5, 0.6) is 11.5 Å². The second-order valence-electron chi connectivity index (χ2n) is 9.74. The molecule has 1 aliphatic heterocycles. The number of thiazole rings is 1. The van der Waals surface area contributed by atoms with Gasteiger partial charge in [0.2, 0.25) is 10.0 Å². The van der Waals surface area contributed by atoms with Gasteiger partial charge in [0, 0.05) is 24.7 Å². The zero-order valence-electron chi connectivity index (χ0n) is 23.0. The van der Waals surface area contributed by atoms with Crippen LogP contribution in [0.3, 0.4) is 0 Å². The molecule has 0 saturated carbocycles. The number of fused-ring (bicyclic) bond motifs is 1. The summed E-state index contributed by atoms with van der Waals surface area (Å²) in [5.74, 6) is 1.02. The van der Waals surface area contributed by atoms with Gasteiger partial charge in [-0.3, -0.25) is 9.69 Å². The number of ether oxygens (including phenoxy) is 2. The van der Waals surface area contributed by atoms with Crippen molar-refractivity contribution in [1.82, 2.24) is 14.2 Å². The maximum absolute atomic E-state index is 13.8. The SMILES string of the molecule is COc1ccc(OC)c2sc(N(CCCN(C)C)C(=O)c3ccc(S(=O)(=O)N4CCCCC4C)cc3)nc12.Cl. The Hall–Kier alpha value is -2.44. The Balaban J connectivity index is 0.00000420. The summed E-state index contributed by atoms with van der Waals surface area (Å²) in [6.07, 6.45) is 3.49. The van der Waals surface area contributed by atoms with E-state index in [-0.39, 0.29) is 29.3 Å². The Morgan fingerprint density at radius 3 is 2.33 bits per heavy atom. The number of benzene rings is 2. The van der Waals surface area contributed by atoms with Gasteiger partial charge in [0.05, 0.1) is 19.1 Å². The molecule has 39 heavy (non-hydrogen) atoms. The van der Waals surface area contributed by atoms with E-state index in [0.29, 0.717) is 40.8 Å². The molecule has 2 aromatic carbocycles. The van der Waals surface area contributed by atoms with Gasteiger partial charge in [-0.2, -0.15) is 4.31 Å². The van der Waals surface area contributed by atoms with Gasteiger partial charge in [0.1, 0.15) is 21.7 Å². The second-order valence-corrected chi connectivity index (χ2v) is 12.6. The number of aromatic nitrogens is 1. The van der Waals surface area contributed by atoms with Gasteiger partial charge < -0.3 is 14.4 Å². The molecule has 0 radical (unpaired) electrons. The van der Waals surface area contributed by atoms with Crippen LogP contribution in [-0.4, -0.2) is 82.5 Å². The lowest BCUT2D eigenvalue weighted by Gasteiger charge is -2.32. The average molecular weight is 597 g/mol. The maximum atomic E-state index is 13.8. The van der Waals surface area contributed by atoms with E-state index in [2.05, 4.69) is 4.90 Å². The molecular weight excluding hydrogens is 560 g/mol. The fourth-order valence-corrected chi connectivity index (χ4v) is 7.51. The first-order chi connectivity index (χ1) is 18.2. The Morgan fingerprint density at radius 1 is 1.05 bits per heavy atom. The maximum Gasteiger partial charge on any atom is 0.260 e. The molecule has 0 spiro atoms. The van der Waals surface area contributed by atoms with Crippen LogP contribution in [0.4, 0.5) is 5.13 Å². The molecule has 1 fully saturated rings.